The van der Waals surface area contributed by atoms with Crippen LogP contribution in [0.15, 0.2) is 76.1 Å². The van der Waals surface area contributed by atoms with Gasteiger partial charge in [-0.25, -0.2) is 4.79 Å². The van der Waals surface area contributed by atoms with Crippen molar-refractivity contribution >= 4 is 16.9 Å². The van der Waals surface area contributed by atoms with E-state index in [1.54, 1.807) is 43.5 Å². The number of rotatable bonds is 8. The molecule has 0 spiro atoms. The van der Waals surface area contributed by atoms with Crippen LogP contribution in [0.4, 0.5) is 0 Å². The molecule has 0 N–H and O–H groups in total. The van der Waals surface area contributed by atoms with Crippen LogP contribution in [-0.2, 0) is 17.8 Å². The van der Waals surface area contributed by atoms with Gasteiger partial charge in [0.05, 0.1) is 30.2 Å². The number of fused-ring (bicyclic) bond motifs is 3. The number of nitrogens with zero attached hydrogens (tertiary/aromatic N) is 1. The zero-order valence-corrected chi connectivity index (χ0v) is 20.7. The predicted molar refractivity (Wildman–Crippen MR) is 137 cm³/mol. The van der Waals surface area contributed by atoms with E-state index in [-0.39, 0.29) is 11.2 Å². The molecule has 3 aromatic carbocycles. The first kappa shape index (κ1) is 24.4. The summed E-state index contributed by atoms with van der Waals surface area (Å²) in [4.78, 5) is 27.3. The third kappa shape index (κ3) is 5.29. The highest BCUT2D eigenvalue weighted by molar-refractivity contribution is 5.89. The van der Waals surface area contributed by atoms with E-state index in [4.69, 9.17) is 23.4 Å². The molecular weight excluding hydrogens is 474 g/mol. The smallest absolute Gasteiger partial charge is 0.338 e. The number of benzene rings is 3. The second kappa shape index (κ2) is 10.8. The third-order valence-corrected chi connectivity index (χ3v) is 6.07. The molecule has 1 aliphatic rings. The normalized spacial score (nSPS) is 13.0. The van der Waals surface area contributed by atoms with Gasteiger partial charge in [-0.1, -0.05) is 19.1 Å². The van der Waals surface area contributed by atoms with Crippen molar-refractivity contribution in [2.24, 2.45) is 0 Å². The molecule has 1 aliphatic heterocycles. The lowest BCUT2D eigenvalue weighted by Gasteiger charge is -2.29. The second-order valence-electron chi connectivity index (χ2n) is 8.72. The molecule has 0 atom stereocenters. The van der Waals surface area contributed by atoms with Gasteiger partial charge in [0.2, 0.25) is 11.2 Å². The average Bonchev–Trinajstić information content (AvgIpc) is 2.94. The van der Waals surface area contributed by atoms with Crippen molar-refractivity contribution in [3.8, 4) is 23.0 Å². The Kier molecular flexibility index (Phi) is 7.09. The van der Waals surface area contributed by atoms with Crippen LogP contribution >= 0.6 is 0 Å². The Balaban J connectivity index is 1.34. The topological polar surface area (TPSA) is 87.4 Å². The van der Waals surface area contributed by atoms with Crippen molar-refractivity contribution in [3.63, 3.8) is 0 Å². The Labute approximate surface area is 213 Å². The van der Waals surface area contributed by atoms with Gasteiger partial charge < -0.3 is 23.4 Å². The largest absolute Gasteiger partial charge is 0.497 e. The van der Waals surface area contributed by atoms with E-state index in [1.807, 2.05) is 31.2 Å². The molecule has 0 saturated carbocycles. The molecule has 2 heterocycles. The van der Waals surface area contributed by atoms with Crippen LogP contribution in [0.1, 0.15) is 34.8 Å². The number of hydrogen-bond acceptors (Lipinski definition) is 8. The summed E-state index contributed by atoms with van der Waals surface area (Å²) < 4.78 is 28.0. The van der Waals surface area contributed by atoms with E-state index < -0.39 is 5.97 Å². The maximum atomic E-state index is 13.2. The highest BCUT2D eigenvalue weighted by Crippen LogP contribution is 2.33. The summed E-state index contributed by atoms with van der Waals surface area (Å²) >= 11 is 0. The number of methoxy groups -OCH3 is 1. The highest BCUT2D eigenvalue weighted by Gasteiger charge is 2.23. The quantitative estimate of drug-likeness (QED) is 0.292. The van der Waals surface area contributed by atoms with Crippen LogP contribution in [0.5, 0.6) is 23.0 Å². The molecule has 0 amide bonds. The fraction of sp³-hybridized carbons (Fsp3) is 0.241. The molecule has 4 aromatic rings. The first-order valence-corrected chi connectivity index (χ1v) is 12.1. The summed E-state index contributed by atoms with van der Waals surface area (Å²) in [6.07, 6.45) is 2.07. The molecule has 0 bridgehead atoms. The monoisotopic (exact) mass is 501 g/mol. The first-order valence-electron chi connectivity index (χ1n) is 12.1. The fourth-order valence-corrected chi connectivity index (χ4v) is 4.16. The van der Waals surface area contributed by atoms with E-state index in [9.17, 15) is 9.59 Å². The van der Waals surface area contributed by atoms with E-state index in [0.29, 0.717) is 54.5 Å². The van der Waals surface area contributed by atoms with Crippen LogP contribution in [0, 0.1) is 0 Å². The summed E-state index contributed by atoms with van der Waals surface area (Å²) in [5.74, 6) is 1.57. The maximum absolute atomic E-state index is 13.2. The van der Waals surface area contributed by atoms with Crippen LogP contribution in [0.3, 0.4) is 0 Å². The Hall–Kier alpha value is -4.30. The van der Waals surface area contributed by atoms with Crippen LogP contribution in [-0.4, -0.2) is 31.3 Å². The molecule has 0 radical (unpaired) electrons. The summed E-state index contributed by atoms with van der Waals surface area (Å²) in [7, 11) is 1.64. The molecule has 0 saturated heterocycles. The number of carbonyl (C=O) groups is 1. The van der Waals surface area contributed by atoms with Gasteiger partial charge in [-0.05, 0) is 60.5 Å². The molecule has 190 valence electrons. The average molecular weight is 502 g/mol. The lowest BCUT2D eigenvalue weighted by atomic mass is 10.1. The molecule has 0 fully saturated rings. The third-order valence-electron chi connectivity index (χ3n) is 6.07. The summed E-state index contributed by atoms with van der Waals surface area (Å²) in [6, 6.07) is 17.8. The van der Waals surface area contributed by atoms with Crippen LogP contribution in [0.2, 0.25) is 0 Å². The van der Waals surface area contributed by atoms with E-state index in [0.717, 1.165) is 23.3 Å². The molecule has 37 heavy (non-hydrogen) atoms. The standard InChI is InChI=1S/C29H27NO7/c1-3-14-34-29(32)20-6-10-22(11-7-20)37-26-17-35-28-23(27(26)31)12-13-25-24(28)16-30(18-36-25)15-19-4-8-21(33-2)9-5-19/h4-13,17H,3,14-16,18H2,1-2H3. The molecule has 0 unspecified atom stereocenters. The zero-order chi connectivity index (χ0) is 25.8. The van der Waals surface area contributed by atoms with Gasteiger partial charge in [-0.15, -0.1) is 0 Å². The van der Waals surface area contributed by atoms with Crippen molar-refractivity contribution < 1.29 is 28.2 Å². The van der Waals surface area contributed by atoms with Crippen molar-refractivity contribution in [2.45, 2.75) is 26.4 Å². The summed E-state index contributed by atoms with van der Waals surface area (Å²) in [6.45, 7) is 3.96. The summed E-state index contributed by atoms with van der Waals surface area (Å²) in [5.41, 5.74) is 2.54. The van der Waals surface area contributed by atoms with Gasteiger partial charge in [0.15, 0.2) is 0 Å². The minimum Gasteiger partial charge on any atom is -0.497 e. The minimum absolute atomic E-state index is 0.0561. The van der Waals surface area contributed by atoms with Gasteiger partial charge in [0, 0.05) is 13.1 Å². The van der Waals surface area contributed by atoms with Crippen LogP contribution in [0.25, 0.3) is 11.0 Å². The first-order chi connectivity index (χ1) is 18.1. The lowest BCUT2D eigenvalue weighted by Crippen LogP contribution is -2.31. The predicted octanol–water partition coefficient (Wildman–Crippen LogP) is 5.51. The molecular formula is C29H27NO7. The molecule has 8 nitrogen and oxygen atoms in total. The van der Waals surface area contributed by atoms with E-state index >= 15 is 0 Å². The molecule has 1 aromatic heterocycles. The number of ether oxygens (including phenoxy) is 4. The molecule has 8 heteroatoms. The van der Waals surface area contributed by atoms with Gasteiger partial charge in [0.25, 0.3) is 0 Å². The number of carbonyl (C=O) groups excluding carboxylic acids is 1. The Morgan fingerprint density at radius 3 is 2.49 bits per heavy atom. The minimum atomic E-state index is -0.397. The van der Waals surface area contributed by atoms with E-state index in [2.05, 4.69) is 4.90 Å². The summed E-state index contributed by atoms with van der Waals surface area (Å²) in [5, 5.41) is 0.408. The van der Waals surface area contributed by atoms with Crippen molar-refractivity contribution in [1.29, 1.82) is 0 Å². The van der Waals surface area contributed by atoms with Crippen LogP contribution < -0.4 is 19.6 Å². The van der Waals surface area contributed by atoms with Gasteiger partial charge in [0.1, 0.15) is 35.8 Å². The SMILES string of the molecule is CCCOC(=O)c1ccc(Oc2coc3c4c(ccc3c2=O)OCN(Cc2ccc(OC)cc2)C4)cc1. The number of esters is 1. The highest BCUT2D eigenvalue weighted by atomic mass is 16.5. The Bertz CT molecular complexity index is 1460. The van der Waals surface area contributed by atoms with Crippen molar-refractivity contribution in [1.82, 2.24) is 4.90 Å². The Morgan fingerprint density at radius 2 is 1.76 bits per heavy atom. The number of hydrogen-bond donors (Lipinski definition) is 0. The lowest BCUT2D eigenvalue weighted by molar-refractivity contribution is 0.0505. The van der Waals surface area contributed by atoms with Crippen molar-refractivity contribution in [2.75, 3.05) is 20.4 Å². The maximum Gasteiger partial charge on any atom is 0.338 e. The van der Waals surface area contributed by atoms with Gasteiger partial charge in [-0.2, -0.15) is 0 Å². The molecule has 5 rings (SSSR count). The van der Waals surface area contributed by atoms with Gasteiger partial charge >= 0.3 is 5.97 Å². The zero-order valence-electron chi connectivity index (χ0n) is 20.7. The van der Waals surface area contributed by atoms with E-state index in [1.165, 1.54) is 6.26 Å². The molecule has 0 aliphatic carbocycles. The fourth-order valence-electron chi connectivity index (χ4n) is 4.16. The Morgan fingerprint density at radius 1 is 1.00 bits per heavy atom. The van der Waals surface area contributed by atoms with Gasteiger partial charge in [-0.3, -0.25) is 9.69 Å². The van der Waals surface area contributed by atoms with Crippen molar-refractivity contribution in [3.05, 3.63) is 93.8 Å². The second-order valence-corrected chi connectivity index (χ2v) is 8.72.